The summed E-state index contributed by atoms with van der Waals surface area (Å²) in [6.45, 7) is 0. The third-order valence-electron chi connectivity index (χ3n) is 2.56. The van der Waals surface area contributed by atoms with Crippen LogP contribution in [0, 0.1) is 0 Å². The molecule has 0 aliphatic rings. The third-order valence-corrected chi connectivity index (χ3v) is 2.89. The van der Waals surface area contributed by atoms with Crippen molar-refractivity contribution in [2.45, 2.75) is 6.04 Å². The smallest absolute Gasteiger partial charge is 0.325 e. The van der Waals surface area contributed by atoms with Gasteiger partial charge in [0.05, 0.1) is 5.69 Å². The van der Waals surface area contributed by atoms with Gasteiger partial charge in [0.25, 0.3) is 0 Å². The molecule has 6 heteroatoms. The van der Waals surface area contributed by atoms with Crippen LogP contribution in [0.25, 0.3) is 11.3 Å². The minimum absolute atomic E-state index is 0. The van der Waals surface area contributed by atoms with Crippen LogP contribution < -0.4 is 5.73 Å². The van der Waals surface area contributed by atoms with E-state index in [9.17, 15) is 4.79 Å². The molecule has 0 bridgehead atoms. The monoisotopic (exact) mass is 298 g/mol. The van der Waals surface area contributed by atoms with E-state index in [1.165, 1.54) is 6.20 Å². The van der Waals surface area contributed by atoms with Crippen LogP contribution in [-0.2, 0) is 4.79 Å². The number of carbonyl (C=O) groups is 1. The van der Waals surface area contributed by atoms with Gasteiger partial charge < -0.3 is 10.8 Å². The highest BCUT2D eigenvalue weighted by molar-refractivity contribution is 6.33. The van der Waals surface area contributed by atoms with Gasteiger partial charge in [-0.2, -0.15) is 0 Å². The summed E-state index contributed by atoms with van der Waals surface area (Å²) >= 11 is 6.05. The minimum atomic E-state index is -1.08. The van der Waals surface area contributed by atoms with Crippen LogP contribution in [0.2, 0.25) is 5.02 Å². The fourth-order valence-electron chi connectivity index (χ4n) is 1.56. The topological polar surface area (TPSA) is 76.2 Å². The van der Waals surface area contributed by atoms with Crippen molar-refractivity contribution < 1.29 is 9.90 Å². The summed E-state index contributed by atoms with van der Waals surface area (Å²) in [5, 5.41) is 9.39. The van der Waals surface area contributed by atoms with Crippen molar-refractivity contribution in [3.63, 3.8) is 0 Å². The SMILES string of the molecule is Cl.NC(C(=O)O)c1ccc(-c2ccccc2Cl)nc1. The molecule has 3 N–H and O–H groups in total. The van der Waals surface area contributed by atoms with Gasteiger partial charge in [-0.1, -0.05) is 35.9 Å². The number of benzene rings is 1. The zero-order valence-corrected chi connectivity index (χ0v) is 11.4. The highest BCUT2D eigenvalue weighted by Gasteiger charge is 2.14. The van der Waals surface area contributed by atoms with Gasteiger partial charge in [-0.3, -0.25) is 9.78 Å². The highest BCUT2D eigenvalue weighted by Crippen LogP contribution is 2.26. The zero-order chi connectivity index (χ0) is 13.1. The molecule has 1 aromatic carbocycles. The van der Waals surface area contributed by atoms with Crippen LogP contribution in [0.4, 0.5) is 0 Å². The van der Waals surface area contributed by atoms with E-state index in [2.05, 4.69) is 4.98 Å². The van der Waals surface area contributed by atoms with Gasteiger partial charge in [0.15, 0.2) is 0 Å². The summed E-state index contributed by atoms with van der Waals surface area (Å²) in [6, 6.07) is 9.61. The third kappa shape index (κ3) is 3.44. The number of hydrogen-bond acceptors (Lipinski definition) is 3. The van der Waals surface area contributed by atoms with Crippen LogP contribution >= 0.6 is 24.0 Å². The van der Waals surface area contributed by atoms with E-state index < -0.39 is 12.0 Å². The summed E-state index contributed by atoms with van der Waals surface area (Å²) < 4.78 is 0. The van der Waals surface area contributed by atoms with Crippen LogP contribution in [0.15, 0.2) is 42.6 Å². The van der Waals surface area contributed by atoms with Crippen molar-refractivity contribution in [2.24, 2.45) is 5.73 Å². The Morgan fingerprint density at radius 1 is 1.26 bits per heavy atom. The molecule has 0 aliphatic carbocycles. The first-order valence-electron chi connectivity index (χ1n) is 5.29. The number of aliphatic carboxylic acids is 1. The summed E-state index contributed by atoms with van der Waals surface area (Å²) in [5.41, 5.74) is 7.43. The Labute approximate surface area is 121 Å². The molecule has 0 spiro atoms. The maximum Gasteiger partial charge on any atom is 0.325 e. The lowest BCUT2D eigenvalue weighted by molar-refractivity contribution is -0.138. The van der Waals surface area contributed by atoms with Gasteiger partial charge in [-0.25, -0.2) is 0 Å². The molecular formula is C13H12Cl2N2O2. The number of carboxylic acids is 1. The molecule has 0 amide bonds. The molecular weight excluding hydrogens is 287 g/mol. The van der Waals surface area contributed by atoms with Crippen molar-refractivity contribution in [2.75, 3.05) is 0 Å². The molecule has 0 fully saturated rings. The van der Waals surface area contributed by atoms with E-state index in [4.69, 9.17) is 22.4 Å². The van der Waals surface area contributed by atoms with Crippen molar-refractivity contribution in [1.82, 2.24) is 4.98 Å². The van der Waals surface area contributed by atoms with Gasteiger partial charge in [0.1, 0.15) is 6.04 Å². The molecule has 1 atom stereocenters. The number of halogens is 2. The molecule has 2 aromatic rings. The Morgan fingerprint density at radius 3 is 2.47 bits per heavy atom. The first-order valence-corrected chi connectivity index (χ1v) is 5.66. The van der Waals surface area contributed by atoms with Crippen LogP contribution in [0.3, 0.4) is 0 Å². The van der Waals surface area contributed by atoms with Gasteiger partial charge in [-0.15, -0.1) is 12.4 Å². The maximum absolute atomic E-state index is 10.7. The lowest BCUT2D eigenvalue weighted by atomic mass is 10.1. The number of pyridine rings is 1. The molecule has 100 valence electrons. The van der Waals surface area contributed by atoms with Gasteiger partial charge >= 0.3 is 5.97 Å². The van der Waals surface area contributed by atoms with Gasteiger partial charge in [0, 0.05) is 16.8 Å². The van der Waals surface area contributed by atoms with Crippen molar-refractivity contribution >= 4 is 30.0 Å². The minimum Gasteiger partial charge on any atom is -0.480 e. The second kappa shape index (κ2) is 6.52. The Morgan fingerprint density at radius 2 is 1.95 bits per heavy atom. The Kier molecular flexibility index (Phi) is 5.30. The molecule has 0 saturated heterocycles. The molecule has 0 saturated carbocycles. The van der Waals surface area contributed by atoms with Crippen LogP contribution in [0.1, 0.15) is 11.6 Å². The van der Waals surface area contributed by atoms with Crippen LogP contribution in [-0.4, -0.2) is 16.1 Å². The average Bonchev–Trinajstić information content (AvgIpc) is 2.38. The molecule has 0 aliphatic heterocycles. The van der Waals surface area contributed by atoms with Crippen molar-refractivity contribution in [3.05, 3.63) is 53.2 Å². The number of nitrogens with two attached hydrogens (primary N) is 1. The summed E-state index contributed by atoms with van der Waals surface area (Å²) in [5.74, 6) is -1.08. The van der Waals surface area contributed by atoms with E-state index in [0.29, 0.717) is 16.3 Å². The van der Waals surface area contributed by atoms with E-state index in [0.717, 1.165) is 5.56 Å². The molecule has 19 heavy (non-hydrogen) atoms. The Hall–Kier alpha value is -1.62. The summed E-state index contributed by atoms with van der Waals surface area (Å²) in [6.07, 6.45) is 1.46. The molecule has 1 unspecified atom stereocenters. The first-order chi connectivity index (χ1) is 8.59. The molecule has 1 heterocycles. The number of nitrogens with zero attached hydrogens (tertiary/aromatic N) is 1. The number of carboxylic acid groups (broad SMARTS) is 1. The first kappa shape index (κ1) is 15.4. The molecule has 4 nitrogen and oxygen atoms in total. The fourth-order valence-corrected chi connectivity index (χ4v) is 1.79. The fraction of sp³-hybridized carbons (Fsp3) is 0.0769. The second-order valence-electron chi connectivity index (χ2n) is 3.77. The van der Waals surface area contributed by atoms with Gasteiger partial charge in [-0.05, 0) is 17.7 Å². The lowest BCUT2D eigenvalue weighted by Gasteiger charge is -2.08. The number of hydrogen-bond donors (Lipinski definition) is 2. The highest BCUT2D eigenvalue weighted by atomic mass is 35.5. The second-order valence-corrected chi connectivity index (χ2v) is 4.18. The van der Waals surface area contributed by atoms with Crippen molar-refractivity contribution in [1.29, 1.82) is 0 Å². The normalized spacial score (nSPS) is 11.5. The quantitative estimate of drug-likeness (QED) is 0.913. The molecule has 1 aromatic heterocycles. The summed E-state index contributed by atoms with van der Waals surface area (Å²) in [7, 11) is 0. The van der Waals surface area contributed by atoms with E-state index >= 15 is 0 Å². The Bertz CT molecular complexity index is 573. The van der Waals surface area contributed by atoms with Crippen LogP contribution in [0.5, 0.6) is 0 Å². The molecule has 0 radical (unpaired) electrons. The number of rotatable bonds is 3. The largest absolute Gasteiger partial charge is 0.480 e. The van der Waals surface area contributed by atoms with E-state index in [-0.39, 0.29) is 12.4 Å². The maximum atomic E-state index is 10.7. The lowest BCUT2D eigenvalue weighted by Crippen LogP contribution is -2.20. The van der Waals surface area contributed by atoms with E-state index in [1.54, 1.807) is 18.2 Å². The predicted octanol–water partition coefficient (Wildman–Crippen LogP) is 2.91. The Balaban J connectivity index is 0.00000180. The van der Waals surface area contributed by atoms with E-state index in [1.807, 2.05) is 18.2 Å². The molecule has 2 rings (SSSR count). The average molecular weight is 299 g/mol. The van der Waals surface area contributed by atoms with Gasteiger partial charge in [0.2, 0.25) is 0 Å². The number of aromatic nitrogens is 1. The van der Waals surface area contributed by atoms with Crippen molar-refractivity contribution in [3.8, 4) is 11.3 Å². The predicted molar refractivity (Wildman–Crippen MR) is 76.5 cm³/mol. The zero-order valence-electron chi connectivity index (χ0n) is 9.79. The standard InChI is InChI=1S/C13H11ClN2O2.ClH/c14-10-4-2-1-3-9(10)11-6-5-8(7-16-11)12(15)13(17)18;/h1-7,12H,15H2,(H,17,18);1H. The summed E-state index contributed by atoms with van der Waals surface area (Å²) in [4.78, 5) is 14.9.